The van der Waals surface area contributed by atoms with Gasteiger partial charge in [0, 0.05) is 13.1 Å². The maximum Gasteiger partial charge on any atom is 0.244 e. The molecule has 1 aromatic carbocycles. The van der Waals surface area contributed by atoms with Crippen molar-refractivity contribution in [2.24, 2.45) is 5.92 Å². The number of halogens is 1. The van der Waals surface area contributed by atoms with Gasteiger partial charge in [-0.1, -0.05) is 32.0 Å². The largest absolute Gasteiger partial charge is 0.323 e. The Hall–Kier alpha value is -1.11. The van der Waals surface area contributed by atoms with E-state index in [2.05, 4.69) is 0 Å². The molecule has 1 atom stereocenters. The van der Waals surface area contributed by atoms with Gasteiger partial charge in [0.15, 0.2) is 0 Å². The van der Waals surface area contributed by atoms with Crippen LogP contribution in [0.25, 0.3) is 0 Å². The molecule has 1 amide bonds. The highest BCUT2D eigenvalue weighted by Gasteiger charge is 2.43. The molecule has 1 saturated heterocycles. The van der Waals surface area contributed by atoms with Crippen LogP contribution in [0.5, 0.6) is 0 Å². The number of rotatable bonds is 4. The van der Waals surface area contributed by atoms with Crippen molar-refractivity contribution in [2.75, 3.05) is 19.0 Å². The first-order valence-electron chi connectivity index (χ1n) is 6.82. The topological polar surface area (TPSA) is 57.7 Å². The highest BCUT2D eigenvalue weighted by Crippen LogP contribution is 2.28. The quantitative estimate of drug-likeness (QED) is 0.790. The fraction of sp³-hybridized carbons (Fsp3) is 0.500. The third kappa shape index (κ3) is 3.07. The van der Waals surface area contributed by atoms with E-state index in [1.165, 1.54) is 4.31 Å². The monoisotopic (exact) mass is 330 g/mol. The van der Waals surface area contributed by atoms with Gasteiger partial charge in [-0.05, 0) is 18.1 Å². The lowest BCUT2D eigenvalue weighted by Crippen LogP contribution is -2.48. The van der Waals surface area contributed by atoms with Crippen molar-refractivity contribution in [2.45, 2.75) is 24.9 Å². The van der Waals surface area contributed by atoms with Crippen molar-refractivity contribution in [3.63, 3.8) is 0 Å². The van der Waals surface area contributed by atoms with E-state index in [0.29, 0.717) is 13.1 Å². The van der Waals surface area contributed by atoms with Crippen molar-refractivity contribution in [3.05, 3.63) is 30.3 Å². The summed E-state index contributed by atoms with van der Waals surface area (Å²) >= 11 is 5.62. The fourth-order valence-electron chi connectivity index (χ4n) is 2.66. The molecule has 1 aromatic rings. The summed E-state index contributed by atoms with van der Waals surface area (Å²) in [5.74, 6) is -0.387. The molecular formula is C14H19ClN2O3S. The molecule has 1 aliphatic rings. The number of benzene rings is 1. The number of hydrogen-bond donors (Lipinski definition) is 0. The lowest BCUT2D eigenvalue weighted by Gasteiger charge is -2.32. The van der Waals surface area contributed by atoms with Crippen LogP contribution in [0.1, 0.15) is 13.8 Å². The molecule has 0 aromatic heterocycles. The van der Waals surface area contributed by atoms with E-state index in [-0.39, 0.29) is 22.6 Å². The Kier molecular flexibility index (Phi) is 4.91. The van der Waals surface area contributed by atoms with Gasteiger partial charge in [0.25, 0.3) is 0 Å². The minimum absolute atomic E-state index is 0.0156. The molecule has 5 nitrogen and oxygen atoms in total. The van der Waals surface area contributed by atoms with Gasteiger partial charge < -0.3 is 4.90 Å². The number of sulfonamides is 1. The van der Waals surface area contributed by atoms with Crippen LogP contribution in [0.3, 0.4) is 0 Å². The summed E-state index contributed by atoms with van der Waals surface area (Å²) in [7, 11) is -3.61. The maximum absolute atomic E-state index is 12.8. The number of hydrogen-bond acceptors (Lipinski definition) is 3. The zero-order valence-corrected chi connectivity index (χ0v) is 13.6. The molecule has 2 rings (SSSR count). The highest BCUT2D eigenvalue weighted by atomic mass is 35.5. The van der Waals surface area contributed by atoms with Gasteiger partial charge in [-0.3, -0.25) is 4.79 Å². The molecule has 116 valence electrons. The zero-order chi connectivity index (χ0) is 15.6. The Morgan fingerprint density at radius 2 is 1.90 bits per heavy atom. The fourth-order valence-corrected chi connectivity index (χ4v) is 4.55. The maximum atomic E-state index is 12.8. The molecule has 7 heteroatoms. The summed E-state index contributed by atoms with van der Waals surface area (Å²) in [5.41, 5.74) is 0. The van der Waals surface area contributed by atoms with Gasteiger partial charge >= 0.3 is 0 Å². The second-order valence-electron chi connectivity index (χ2n) is 5.31. The normalized spacial score (nSPS) is 20.2. The number of carbonyl (C=O) groups is 1. The second kappa shape index (κ2) is 6.34. The third-order valence-corrected chi connectivity index (χ3v) is 5.67. The lowest BCUT2D eigenvalue weighted by atomic mass is 10.1. The zero-order valence-electron chi connectivity index (χ0n) is 12.1. The smallest absolute Gasteiger partial charge is 0.244 e. The van der Waals surface area contributed by atoms with E-state index in [9.17, 15) is 13.2 Å². The van der Waals surface area contributed by atoms with Crippen LogP contribution in [0.4, 0.5) is 0 Å². The van der Waals surface area contributed by atoms with E-state index in [0.717, 1.165) is 0 Å². The van der Waals surface area contributed by atoms with Crippen LogP contribution in [0.2, 0.25) is 0 Å². The Labute approximate surface area is 130 Å². The molecule has 0 aliphatic carbocycles. The summed E-state index contributed by atoms with van der Waals surface area (Å²) in [6.45, 7) is 4.47. The Bertz CT molecular complexity index is 604. The minimum Gasteiger partial charge on any atom is -0.323 e. The number of nitrogens with zero attached hydrogens (tertiary/aromatic N) is 2. The Morgan fingerprint density at radius 1 is 1.29 bits per heavy atom. The SMILES string of the molecule is CC(C)[C@@H]1N(C(=O)CCl)CCN1S(=O)(=O)c1ccccc1. The van der Waals surface area contributed by atoms with Crippen LogP contribution in [0.15, 0.2) is 35.2 Å². The summed E-state index contributed by atoms with van der Waals surface area (Å²) in [5, 5.41) is 0. The molecule has 0 bridgehead atoms. The summed E-state index contributed by atoms with van der Waals surface area (Å²) < 4.78 is 26.9. The van der Waals surface area contributed by atoms with Crippen LogP contribution >= 0.6 is 11.6 Å². The average molecular weight is 331 g/mol. The first kappa shape index (κ1) is 16.3. The van der Waals surface area contributed by atoms with Crippen molar-refractivity contribution in [3.8, 4) is 0 Å². The second-order valence-corrected chi connectivity index (χ2v) is 7.47. The average Bonchev–Trinajstić information content (AvgIpc) is 2.93. The lowest BCUT2D eigenvalue weighted by molar-refractivity contribution is -0.131. The van der Waals surface area contributed by atoms with Gasteiger partial charge in [0.2, 0.25) is 15.9 Å². The molecule has 0 unspecified atom stereocenters. The van der Waals surface area contributed by atoms with Gasteiger partial charge in [0.1, 0.15) is 12.0 Å². The summed E-state index contributed by atoms with van der Waals surface area (Å²) in [6, 6.07) is 8.29. The first-order valence-corrected chi connectivity index (χ1v) is 8.79. The standard InChI is InChI=1S/C14H19ClN2O3S/c1-11(2)14-16(13(18)10-15)8-9-17(14)21(19,20)12-6-4-3-5-7-12/h3-7,11,14H,8-10H2,1-2H3/t14-/m1/s1. The van der Waals surface area contributed by atoms with Crippen LogP contribution in [0, 0.1) is 5.92 Å². The number of carbonyl (C=O) groups excluding carboxylic acids is 1. The van der Waals surface area contributed by atoms with E-state index in [4.69, 9.17) is 11.6 Å². The van der Waals surface area contributed by atoms with Gasteiger partial charge in [-0.25, -0.2) is 8.42 Å². The van der Waals surface area contributed by atoms with Crippen LogP contribution < -0.4 is 0 Å². The molecule has 0 radical (unpaired) electrons. The molecular weight excluding hydrogens is 312 g/mol. The van der Waals surface area contributed by atoms with Gasteiger partial charge in [-0.2, -0.15) is 4.31 Å². The first-order chi connectivity index (χ1) is 9.89. The number of amides is 1. The molecule has 0 N–H and O–H groups in total. The van der Waals surface area contributed by atoms with Crippen molar-refractivity contribution in [1.82, 2.24) is 9.21 Å². The Morgan fingerprint density at radius 3 is 2.43 bits per heavy atom. The predicted octanol–water partition coefficient (Wildman–Crippen LogP) is 1.74. The minimum atomic E-state index is -3.61. The van der Waals surface area contributed by atoms with Gasteiger partial charge in [0.05, 0.1) is 4.90 Å². The van der Waals surface area contributed by atoms with Crippen LogP contribution in [-0.4, -0.2) is 48.7 Å². The number of alkyl halides is 1. The molecule has 1 heterocycles. The van der Waals surface area contributed by atoms with Crippen molar-refractivity contribution >= 4 is 27.5 Å². The third-order valence-electron chi connectivity index (χ3n) is 3.56. The molecule has 0 spiro atoms. The Balaban J connectivity index is 2.37. The van der Waals surface area contributed by atoms with Gasteiger partial charge in [-0.15, -0.1) is 11.6 Å². The summed E-state index contributed by atoms with van der Waals surface area (Å²) in [4.78, 5) is 13.7. The van der Waals surface area contributed by atoms with E-state index in [1.54, 1.807) is 35.2 Å². The highest BCUT2D eigenvalue weighted by molar-refractivity contribution is 7.89. The molecule has 1 fully saturated rings. The predicted molar refractivity (Wildman–Crippen MR) is 81.4 cm³/mol. The van der Waals surface area contributed by atoms with Crippen LogP contribution in [-0.2, 0) is 14.8 Å². The van der Waals surface area contributed by atoms with E-state index < -0.39 is 16.2 Å². The van der Waals surface area contributed by atoms with E-state index in [1.807, 2.05) is 13.8 Å². The molecule has 21 heavy (non-hydrogen) atoms. The summed E-state index contributed by atoms with van der Waals surface area (Å²) in [6.07, 6.45) is -0.485. The van der Waals surface area contributed by atoms with Crippen molar-refractivity contribution < 1.29 is 13.2 Å². The van der Waals surface area contributed by atoms with Crippen molar-refractivity contribution in [1.29, 1.82) is 0 Å². The molecule has 0 saturated carbocycles. The molecule has 1 aliphatic heterocycles. The van der Waals surface area contributed by atoms with E-state index >= 15 is 0 Å².